The molecular weight excluding hydrogens is 378 g/mol. The highest BCUT2D eigenvalue weighted by Crippen LogP contribution is 2.34. The molecule has 1 aliphatic heterocycles. The van der Waals surface area contributed by atoms with Crippen LogP contribution in [0.3, 0.4) is 0 Å². The number of aliphatic hydroxyl groups excluding tert-OH is 1. The highest BCUT2D eigenvalue weighted by molar-refractivity contribution is 5.77. The van der Waals surface area contributed by atoms with Crippen molar-refractivity contribution in [3.05, 3.63) is 95.6 Å². The number of fused-ring (bicyclic) bond motifs is 1. The fraction of sp³-hybridized carbons (Fsp3) is 0.240. The molecule has 1 heterocycles. The molecular formula is C25H25NO4. The Morgan fingerprint density at radius 3 is 2.17 bits per heavy atom. The number of nitrogens with one attached hydrogen (secondary N) is 1. The Hall–Kier alpha value is -3.31. The zero-order valence-corrected chi connectivity index (χ0v) is 16.7. The van der Waals surface area contributed by atoms with Crippen molar-refractivity contribution in [3.8, 4) is 11.5 Å². The van der Waals surface area contributed by atoms with Crippen LogP contribution in [0.5, 0.6) is 11.5 Å². The fourth-order valence-corrected chi connectivity index (χ4v) is 3.69. The molecule has 1 atom stereocenters. The number of rotatable bonds is 8. The molecule has 0 saturated carbocycles. The summed E-state index contributed by atoms with van der Waals surface area (Å²) in [5.74, 6) is 1.29. The first-order valence-corrected chi connectivity index (χ1v) is 10.1. The molecule has 3 aromatic carbocycles. The summed E-state index contributed by atoms with van der Waals surface area (Å²) in [7, 11) is 0. The van der Waals surface area contributed by atoms with Crippen LogP contribution in [0.25, 0.3) is 0 Å². The molecule has 0 aromatic heterocycles. The van der Waals surface area contributed by atoms with E-state index in [0.29, 0.717) is 30.9 Å². The van der Waals surface area contributed by atoms with Gasteiger partial charge in [0.1, 0.15) is 0 Å². The predicted molar refractivity (Wildman–Crippen MR) is 114 cm³/mol. The Morgan fingerprint density at radius 2 is 1.50 bits per heavy atom. The Kier molecular flexibility index (Phi) is 6.30. The van der Waals surface area contributed by atoms with Gasteiger partial charge in [-0.3, -0.25) is 4.79 Å². The van der Waals surface area contributed by atoms with Crippen LogP contribution in [-0.2, 0) is 4.79 Å². The van der Waals surface area contributed by atoms with Gasteiger partial charge in [0.15, 0.2) is 11.5 Å². The summed E-state index contributed by atoms with van der Waals surface area (Å²) in [4.78, 5) is 12.6. The van der Waals surface area contributed by atoms with Gasteiger partial charge in [0, 0.05) is 18.9 Å². The SMILES string of the molecule is O=C(CC(c1ccccc1)c1ccccc1)NCC[C@@H](O)c1ccc2c(c1)OCO2. The van der Waals surface area contributed by atoms with Crippen molar-refractivity contribution >= 4 is 5.91 Å². The zero-order chi connectivity index (χ0) is 20.8. The summed E-state index contributed by atoms with van der Waals surface area (Å²) in [6.07, 6.45) is 0.0970. The summed E-state index contributed by atoms with van der Waals surface area (Å²) >= 11 is 0. The van der Waals surface area contributed by atoms with Crippen molar-refractivity contribution in [2.45, 2.75) is 24.9 Å². The Morgan fingerprint density at radius 1 is 0.867 bits per heavy atom. The van der Waals surface area contributed by atoms with Gasteiger partial charge in [-0.05, 0) is 35.2 Å². The summed E-state index contributed by atoms with van der Waals surface area (Å²) in [6.45, 7) is 0.597. The molecule has 1 amide bonds. The van der Waals surface area contributed by atoms with Crippen LogP contribution in [-0.4, -0.2) is 24.4 Å². The quantitative estimate of drug-likeness (QED) is 0.592. The average molecular weight is 403 g/mol. The van der Waals surface area contributed by atoms with E-state index in [2.05, 4.69) is 5.32 Å². The molecule has 0 bridgehead atoms. The van der Waals surface area contributed by atoms with Gasteiger partial charge < -0.3 is 19.9 Å². The minimum Gasteiger partial charge on any atom is -0.454 e. The summed E-state index contributed by atoms with van der Waals surface area (Å²) < 4.78 is 10.7. The van der Waals surface area contributed by atoms with Crippen LogP contribution in [0.2, 0.25) is 0 Å². The maximum Gasteiger partial charge on any atom is 0.231 e. The molecule has 0 spiro atoms. The largest absolute Gasteiger partial charge is 0.454 e. The highest BCUT2D eigenvalue weighted by Gasteiger charge is 2.19. The first-order chi connectivity index (χ1) is 14.7. The van der Waals surface area contributed by atoms with Crippen molar-refractivity contribution in [1.29, 1.82) is 0 Å². The maximum atomic E-state index is 12.6. The van der Waals surface area contributed by atoms with Gasteiger partial charge in [0.2, 0.25) is 12.7 Å². The summed E-state index contributed by atoms with van der Waals surface area (Å²) in [6, 6.07) is 25.5. The standard InChI is InChI=1S/C25H25NO4/c27-22(20-11-12-23-24(15-20)30-17-29-23)13-14-26-25(28)16-21(18-7-3-1-4-8-18)19-9-5-2-6-10-19/h1-12,15,21-22,27H,13-14,16-17H2,(H,26,28)/t22-/m1/s1. The lowest BCUT2D eigenvalue weighted by atomic mass is 9.88. The second-order valence-corrected chi connectivity index (χ2v) is 7.35. The normalized spacial score (nSPS) is 13.3. The van der Waals surface area contributed by atoms with E-state index in [0.717, 1.165) is 16.7 Å². The summed E-state index contributed by atoms with van der Waals surface area (Å²) in [5.41, 5.74) is 2.97. The van der Waals surface area contributed by atoms with Gasteiger partial charge in [0.05, 0.1) is 6.10 Å². The molecule has 0 radical (unpaired) electrons. The molecule has 3 aromatic rings. The van der Waals surface area contributed by atoms with Gasteiger partial charge in [-0.15, -0.1) is 0 Å². The van der Waals surface area contributed by atoms with E-state index in [4.69, 9.17) is 9.47 Å². The first kappa shape index (κ1) is 20.0. The van der Waals surface area contributed by atoms with Crippen LogP contribution in [0.1, 0.15) is 41.6 Å². The van der Waals surface area contributed by atoms with Crippen molar-refractivity contribution in [2.24, 2.45) is 0 Å². The Balaban J connectivity index is 1.34. The predicted octanol–water partition coefficient (Wildman–Crippen LogP) is 4.18. The van der Waals surface area contributed by atoms with E-state index in [1.807, 2.05) is 66.7 Å². The lowest BCUT2D eigenvalue weighted by molar-refractivity contribution is -0.121. The van der Waals surface area contributed by atoms with Crippen molar-refractivity contribution < 1.29 is 19.4 Å². The number of aliphatic hydroxyl groups is 1. The van der Waals surface area contributed by atoms with E-state index in [9.17, 15) is 9.90 Å². The van der Waals surface area contributed by atoms with Gasteiger partial charge in [-0.25, -0.2) is 0 Å². The number of ether oxygens (including phenoxy) is 2. The monoisotopic (exact) mass is 403 g/mol. The van der Waals surface area contributed by atoms with Gasteiger partial charge in [-0.1, -0.05) is 66.7 Å². The minimum atomic E-state index is -0.682. The van der Waals surface area contributed by atoms with E-state index in [1.165, 1.54) is 0 Å². The van der Waals surface area contributed by atoms with E-state index in [1.54, 1.807) is 12.1 Å². The number of hydrogen-bond donors (Lipinski definition) is 2. The Bertz CT molecular complexity index is 935. The van der Waals surface area contributed by atoms with E-state index < -0.39 is 6.10 Å². The van der Waals surface area contributed by atoms with Crippen LogP contribution >= 0.6 is 0 Å². The molecule has 0 aliphatic carbocycles. The van der Waals surface area contributed by atoms with Crippen molar-refractivity contribution in [2.75, 3.05) is 13.3 Å². The van der Waals surface area contributed by atoms with Crippen molar-refractivity contribution in [3.63, 3.8) is 0 Å². The third kappa shape index (κ3) is 4.81. The molecule has 0 fully saturated rings. The molecule has 0 unspecified atom stereocenters. The zero-order valence-electron chi connectivity index (χ0n) is 16.7. The third-order valence-electron chi connectivity index (χ3n) is 5.31. The topological polar surface area (TPSA) is 67.8 Å². The molecule has 154 valence electrons. The van der Waals surface area contributed by atoms with E-state index in [-0.39, 0.29) is 18.6 Å². The third-order valence-corrected chi connectivity index (χ3v) is 5.31. The molecule has 2 N–H and O–H groups in total. The lowest BCUT2D eigenvalue weighted by Crippen LogP contribution is -2.27. The first-order valence-electron chi connectivity index (χ1n) is 10.1. The minimum absolute atomic E-state index is 0.00816. The molecule has 4 rings (SSSR count). The molecule has 5 nitrogen and oxygen atoms in total. The number of carbonyl (C=O) groups is 1. The molecule has 1 aliphatic rings. The van der Waals surface area contributed by atoms with Crippen LogP contribution in [0, 0.1) is 0 Å². The van der Waals surface area contributed by atoms with Crippen molar-refractivity contribution in [1.82, 2.24) is 5.32 Å². The number of hydrogen-bond acceptors (Lipinski definition) is 4. The molecule has 30 heavy (non-hydrogen) atoms. The number of amides is 1. The van der Waals surface area contributed by atoms with Crippen LogP contribution in [0.15, 0.2) is 78.9 Å². The van der Waals surface area contributed by atoms with Gasteiger partial charge in [0.25, 0.3) is 0 Å². The van der Waals surface area contributed by atoms with Crippen LogP contribution in [0.4, 0.5) is 0 Å². The van der Waals surface area contributed by atoms with Gasteiger partial charge in [-0.2, -0.15) is 0 Å². The number of benzene rings is 3. The second kappa shape index (κ2) is 9.46. The average Bonchev–Trinajstić information content (AvgIpc) is 3.26. The smallest absolute Gasteiger partial charge is 0.231 e. The fourth-order valence-electron chi connectivity index (χ4n) is 3.69. The molecule has 5 heteroatoms. The Labute approximate surface area is 176 Å². The highest BCUT2D eigenvalue weighted by atomic mass is 16.7. The molecule has 0 saturated heterocycles. The van der Waals surface area contributed by atoms with E-state index >= 15 is 0 Å². The van der Waals surface area contributed by atoms with Crippen LogP contribution < -0.4 is 14.8 Å². The summed E-state index contributed by atoms with van der Waals surface area (Å²) in [5, 5.41) is 13.4. The van der Waals surface area contributed by atoms with Gasteiger partial charge >= 0.3 is 0 Å². The maximum absolute atomic E-state index is 12.6. The second-order valence-electron chi connectivity index (χ2n) is 7.35. The lowest BCUT2D eigenvalue weighted by Gasteiger charge is -2.18. The number of carbonyl (C=O) groups excluding carboxylic acids is 1.